The van der Waals surface area contributed by atoms with Crippen molar-refractivity contribution in [3.8, 4) is 0 Å². The quantitative estimate of drug-likeness (QED) is 0.900. The van der Waals surface area contributed by atoms with Gasteiger partial charge >= 0.3 is 5.97 Å². The third kappa shape index (κ3) is 3.34. The molecule has 0 aliphatic rings. The molecular formula is C13H11FN2O4S. The minimum Gasteiger partial charge on any atom is -0.478 e. The number of aromatic nitrogens is 1. The van der Waals surface area contributed by atoms with E-state index < -0.39 is 21.8 Å². The SMILES string of the molecule is Cc1ccc(NS(=O)(=O)c2ccc(C(=O)O)cn2)cc1F. The van der Waals surface area contributed by atoms with E-state index in [4.69, 9.17) is 5.11 Å². The molecule has 6 nitrogen and oxygen atoms in total. The Bertz CT molecular complexity index is 788. The summed E-state index contributed by atoms with van der Waals surface area (Å²) in [6, 6.07) is 6.10. The fourth-order valence-corrected chi connectivity index (χ4v) is 2.51. The van der Waals surface area contributed by atoms with E-state index in [0.717, 1.165) is 24.4 Å². The second-order valence-corrected chi connectivity index (χ2v) is 5.89. The lowest BCUT2D eigenvalue weighted by Crippen LogP contribution is -2.15. The minimum absolute atomic E-state index is 0.0576. The largest absolute Gasteiger partial charge is 0.478 e. The van der Waals surface area contributed by atoms with E-state index in [1.807, 2.05) is 0 Å². The van der Waals surface area contributed by atoms with E-state index in [1.165, 1.54) is 12.1 Å². The summed E-state index contributed by atoms with van der Waals surface area (Å²) in [5, 5.41) is 8.37. The van der Waals surface area contributed by atoms with Crippen LogP contribution in [0.1, 0.15) is 15.9 Å². The first-order valence-electron chi connectivity index (χ1n) is 5.78. The maximum absolute atomic E-state index is 13.4. The van der Waals surface area contributed by atoms with Crippen molar-refractivity contribution in [1.29, 1.82) is 0 Å². The van der Waals surface area contributed by atoms with Gasteiger partial charge in [0.25, 0.3) is 10.0 Å². The van der Waals surface area contributed by atoms with Gasteiger partial charge in [-0.3, -0.25) is 4.72 Å². The standard InChI is InChI=1S/C13H11FN2O4S/c1-8-2-4-10(6-11(8)14)16-21(19,20)12-5-3-9(7-15-12)13(17)18/h2-7,16H,1H3,(H,17,18). The summed E-state index contributed by atoms with van der Waals surface area (Å²) < 4.78 is 39.6. The monoisotopic (exact) mass is 310 g/mol. The van der Waals surface area contributed by atoms with Gasteiger partial charge in [0.2, 0.25) is 0 Å². The number of carboxylic acids is 1. The predicted molar refractivity (Wildman–Crippen MR) is 73.1 cm³/mol. The van der Waals surface area contributed by atoms with Crippen LogP contribution in [0.3, 0.4) is 0 Å². The summed E-state index contributed by atoms with van der Waals surface area (Å²) in [6.45, 7) is 1.56. The Morgan fingerprint density at radius 1 is 1.29 bits per heavy atom. The lowest BCUT2D eigenvalue weighted by atomic mass is 10.2. The van der Waals surface area contributed by atoms with Gasteiger partial charge in [-0.15, -0.1) is 0 Å². The maximum atomic E-state index is 13.4. The van der Waals surface area contributed by atoms with Crippen LogP contribution in [0.5, 0.6) is 0 Å². The molecule has 110 valence electrons. The van der Waals surface area contributed by atoms with E-state index >= 15 is 0 Å². The fraction of sp³-hybridized carbons (Fsp3) is 0.0769. The van der Waals surface area contributed by atoms with Crippen molar-refractivity contribution in [2.45, 2.75) is 11.9 Å². The molecule has 21 heavy (non-hydrogen) atoms. The van der Waals surface area contributed by atoms with Crippen LogP contribution in [0.2, 0.25) is 0 Å². The molecule has 1 heterocycles. The molecule has 0 fully saturated rings. The zero-order chi connectivity index (χ0) is 15.6. The van der Waals surface area contributed by atoms with Crippen molar-refractivity contribution >= 4 is 21.7 Å². The molecule has 2 N–H and O–H groups in total. The number of pyridine rings is 1. The molecule has 0 saturated heterocycles. The summed E-state index contributed by atoms with van der Waals surface area (Å²) in [5.41, 5.74) is 0.319. The van der Waals surface area contributed by atoms with Crippen LogP contribution >= 0.6 is 0 Å². The molecule has 0 unspecified atom stereocenters. The van der Waals surface area contributed by atoms with Gasteiger partial charge in [-0.05, 0) is 36.8 Å². The molecule has 2 rings (SSSR count). The van der Waals surface area contributed by atoms with Gasteiger partial charge in [0.1, 0.15) is 5.82 Å². The molecule has 0 atom stereocenters. The molecular weight excluding hydrogens is 299 g/mol. The molecule has 0 bridgehead atoms. The topological polar surface area (TPSA) is 96.4 Å². The van der Waals surface area contributed by atoms with Gasteiger partial charge < -0.3 is 5.11 Å². The number of carboxylic acid groups (broad SMARTS) is 1. The van der Waals surface area contributed by atoms with Gasteiger partial charge in [0.05, 0.1) is 11.3 Å². The molecule has 0 saturated carbocycles. The lowest BCUT2D eigenvalue weighted by Gasteiger charge is -2.08. The fourth-order valence-electron chi connectivity index (χ4n) is 1.53. The first kappa shape index (κ1) is 14.9. The van der Waals surface area contributed by atoms with Gasteiger partial charge in [-0.1, -0.05) is 6.07 Å². The molecule has 0 spiro atoms. The normalized spacial score (nSPS) is 11.1. The highest BCUT2D eigenvalue weighted by Gasteiger charge is 2.17. The van der Waals surface area contributed by atoms with Crippen molar-refractivity contribution in [3.63, 3.8) is 0 Å². The number of nitrogens with one attached hydrogen (secondary N) is 1. The average Bonchev–Trinajstić information content (AvgIpc) is 2.43. The minimum atomic E-state index is -4.01. The molecule has 8 heteroatoms. The molecule has 0 radical (unpaired) electrons. The Kier molecular flexibility index (Phi) is 3.90. The highest BCUT2D eigenvalue weighted by atomic mass is 32.2. The Balaban J connectivity index is 2.29. The number of aromatic carboxylic acids is 1. The van der Waals surface area contributed by atoms with Crippen LogP contribution in [0.4, 0.5) is 10.1 Å². The first-order valence-corrected chi connectivity index (χ1v) is 7.26. The second-order valence-electron chi connectivity index (χ2n) is 4.26. The van der Waals surface area contributed by atoms with Crippen molar-refractivity contribution < 1.29 is 22.7 Å². The number of aryl methyl sites for hydroxylation is 1. The van der Waals surface area contributed by atoms with E-state index in [-0.39, 0.29) is 16.3 Å². The van der Waals surface area contributed by atoms with Crippen LogP contribution < -0.4 is 4.72 Å². The molecule has 0 aliphatic carbocycles. The molecule has 2 aromatic rings. The number of carbonyl (C=O) groups is 1. The third-order valence-corrected chi connectivity index (χ3v) is 3.98. The van der Waals surface area contributed by atoms with E-state index in [1.54, 1.807) is 6.92 Å². The first-order chi connectivity index (χ1) is 9.79. The van der Waals surface area contributed by atoms with Gasteiger partial charge in [0.15, 0.2) is 5.03 Å². The Morgan fingerprint density at radius 2 is 2.00 bits per heavy atom. The van der Waals surface area contributed by atoms with Gasteiger partial charge in [0, 0.05) is 6.20 Å². The summed E-state index contributed by atoms with van der Waals surface area (Å²) in [6.07, 6.45) is 0.937. The molecule has 0 amide bonds. The van der Waals surface area contributed by atoms with Gasteiger partial charge in [-0.25, -0.2) is 14.2 Å². The number of anilines is 1. The van der Waals surface area contributed by atoms with Gasteiger partial charge in [-0.2, -0.15) is 8.42 Å². The van der Waals surface area contributed by atoms with E-state index in [9.17, 15) is 17.6 Å². The summed E-state index contributed by atoms with van der Waals surface area (Å²) in [4.78, 5) is 14.3. The summed E-state index contributed by atoms with van der Waals surface area (Å²) in [5.74, 6) is -1.75. The number of nitrogens with zero attached hydrogens (tertiary/aromatic N) is 1. The summed E-state index contributed by atoms with van der Waals surface area (Å²) in [7, 11) is -4.01. The number of halogens is 1. The number of rotatable bonds is 4. The maximum Gasteiger partial charge on any atom is 0.337 e. The zero-order valence-corrected chi connectivity index (χ0v) is 11.7. The van der Waals surface area contributed by atoms with E-state index in [0.29, 0.717) is 5.56 Å². The van der Waals surface area contributed by atoms with Crippen LogP contribution in [-0.2, 0) is 10.0 Å². The Labute approximate surface area is 120 Å². The predicted octanol–water partition coefficient (Wildman–Crippen LogP) is 2.03. The summed E-state index contributed by atoms with van der Waals surface area (Å²) >= 11 is 0. The van der Waals surface area contributed by atoms with E-state index in [2.05, 4.69) is 9.71 Å². The number of hydrogen-bond acceptors (Lipinski definition) is 4. The van der Waals surface area contributed by atoms with Crippen LogP contribution in [0.25, 0.3) is 0 Å². The smallest absolute Gasteiger partial charge is 0.337 e. The molecule has 1 aromatic carbocycles. The average molecular weight is 310 g/mol. The Morgan fingerprint density at radius 3 is 2.52 bits per heavy atom. The number of hydrogen-bond donors (Lipinski definition) is 2. The zero-order valence-electron chi connectivity index (χ0n) is 10.9. The number of benzene rings is 1. The van der Waals surface area contributed by atoms with Crippen molar-refractivity contribution in [2.24, 2.45) is 0 Å². The lowest BCUT2D eigenvalue weighted by molar-refractivity contribution is 0.0696. The van der Waals surface area contributed by atoms with Crippen LogP contribution in [-0.4, -0.2) is 24.5 Å². The van der Waals surface area contributed by atoms with Crippen molar-refractivity contribution in [3.05, 3.63) is 53.5 Å². The molecule has 0 aliphatic heterocycles. The van der Waals surface area contributed by atoms with Crippen molar-refractivity contribution in [1.82, 2.24) is 4.98 Å². The van der Waals surface area contributed by atoms with Crippen LogP contribution in [0, 0.1) is 12.7 Å². The second kappa shape index (κ2) is 5.49. The van der Waals surface area contributed by atoms with Crippen molar-refractivity contribution in [2.75, 3.05) is 4.72 Å². The highest BCUT2D eigenvalue weighted by Crippen LogP contribution is 2.17. The number of sulfonamides is 1. The highest BCUT2D eigenvalue weighted by molar-refractivity contribution is 7.92. The molecule has 1 aromatic heterocycles. The van der Waals surface area contributed by atoms with Crippen LogP contribution in [0.15, 0.2) is 41.6 Å². The third-order valence-electron chi connectivity index (χ3n) is 2.68. The Hall–Kier alpha value is -2.48.